The fourth-order valence-electron chi connectivity index (χ4n) is 2.23. The molecule has 2 rings (SSSR count). The number of hydrogen-bond acceptors (Lipinski definition) is 2. The summed E-state index contributed by atoms with van der Waals surface area (Å²) >= 11 is 0. The molecule has 1 N–H and O–H groups in total. The van der Waals surface area contributed by atoms with E-state index in [4.69, 9.17) is 4.74 Å². The molecule has 22 heavy (non-hydrogen) atoms. The molecule has 2 amide bonds. The Hall–Kier alpha value is -2.49. The van der Waals surface area contributed by atoms with E-state index in [1.165, 1.54) is 0 Å². The lowest BCUT2D eigenvalue weighted by Crippen LogP contribution is -2.39. The average Bonchev–Trinajstić information content (AvgIpc) is 2.53. The van der Waals surface area contributed by atoms with E-state index in [-0.39, 0.29) is 6.03 Å². The topological polar surface area (TPSA) is 41.6 Å². The molecule has 0 saturated heterocycles. The van der Waals surface area contributed by atoms with Crippen molar-refractivity contribution in [1.29, 1.82) is 0 Å². The molecule has 0 radical (unpaired) electrons. The van der Waals surface area contributed by atoms with Crippen LogP contribution in [0.5, 0.6) is 5.75 Å². The van der Waals surface area contributed by atoms with Gasteiger partial charge in [-0.25, -0.2) is 4.79 Å². The highest BCUT2D eigenvalue weighted by molar-refractivity contribution is 5.91. The van der Waals surface area contributed by atoms with Crippen molar-refractivity contribution in [3.63, 3.8) is 0 Å². The van der Waals surface area contributed by atoms with Gasteiger partial charge in [0.25, 0.3) is 0 Å². The molecule has 0 unspecified atom stereocenters. The number of urea groups is 1. The SMILES string of the molecule is Cc1cccc(C)c1OCCNC(=O)N(C)c1ccccc1. The van der Waals surface area contributed by atoms with E-state index in [1.807, 2.05) is 62.4 Å². The minimum atomic E-state index is -0.142. The smallest absolute Gasteiger partial charge is 0.321 e. The molecule has 0 atom stereocenters. The van der Waals surface area contributed by atoms with Crippen molar-refractivity contribution in [3.8, 4) is 5.75 Å². The molecule has 0 saturated carbocycles. The van der Waals surface area contributed by atoms with Crippen LogP contribution in [0.1, 0.15) is 11.1 Å². The number of carbonyl (C=O) groups excluding carboxylic acids is 1. The Morgan fingerprint density at radius 1 is 1.05 bits per heavy atom. The summed E-state index contributed by atoms with van der Waals surface area (Å²) in [4.78, 5) is 13.6. The van der Waals surface area contributed by atoms with Crippen molar-refractivity contribution in [2.75, 3.05) is 25.1 Å². The number of carbonyl (C=O) groups is 1. The highest BCUT2D eigenvalue weighted by Gasteiger charge is 2.09. The molecule has 0 heterocycles. The Morgan fingerprint density at radius 2 is 1.68 bits per heavy atom. The Morgan fingerprint density at radius 3 is 2.32 bits per heavy atom. The minimum absolute atomic E-state index is 0.142. The van der Waals surface area contributed by atoms with Crippen LogP contribution < -0.4 is 15.0 Å². The molecule has 2 aromatic rings. The van der Waals surface area contributed by atoms with Gasteiger partial charge in [-0.15, -0.1) is 0 Å². The third kappa shape index (κ3) is 4.01. The first-order valence-corrected chi connectivity index (χ1v) is 7.35. The van der Waals surface area contributed by atoms with Gasteiger partial charge in [-0.05, 0) is 37.1 Å². The number of ether oxygens (including phenoxy) is 1. The van der Waals surface area contributed by atoms with Gasteiger partial charge >= 0.3 is 6.03 Å². The maximum absolute atomic E-state index is 12.0. The summed E-state index contributed by atoms with van der Waals surface area (Å²) in [6.07, 6.45) is 0. The summed E-state index contributed by atoms with van der Waals surface area (Å²) in [5, 5.41) is 2.85. The molecule has 0 bridgehead atoms. The first-order valence-electron chi connectivity index (χ1n) is 7.35. The largest absolute Gasteiger partial charge is 0.491 e. The first-order chi connectivity index (χ1) is 10.6. The number of nitrogens with one attached hydrogen (secondary N) is 1. The summed E-state index contributed by atoms with van der Waals surface area (Å²) in [6, 6.07) is 15.4. The lowest BCUT2D eigenvalue weighted by molar-refractivity contribution is 0.242. The summed E-state index contributed by atoms with van der Waals surface area (Å²) < 4.78 is 5.77. The molecule has 0 aromatic heterocycles. The molecule has 2 aromatic carbocycles. The normalized spacial score (nSPS) is 10.1. The number of rotatable bonds is 5. The highest BCUT2D eigenvalue weighted by atomic mass is 16.5. The van der Waals surface area contributed by atoms with Crippen LogP contribution in [0.25, 0.3) is 0 Å². The fourth-order valence-corrected chi connectivity index (χ4v) is 2.23. The van der Waals surface area contributed by atoms with Crippen molar-refractivity contribution < 1.29 is 9.53 Å². The Kier molecular flexibility index (Phi) is 5.42. The molecule has 116 valence electrons. The van der Waals surface area contributed by atoms with E-state index < -0.39 is 0 Å². The zero-order valence-electron chi connectivity index (χ0n) is 13.3. The van der Waals surface area contributed by atoms with Crippen LogP contribution in [-0.4, -0.2) is 26.2 Å². The highest BCUT2D eigenvalue weighted by Crippen LogP contribution is 2.21. The second-order valence-electron chi connectivity index (χ2n) is 5.20. The third-order valence-electron chi connectivity index (χ3n) is 3.48. The monoisotopic (exact) mass is 298 g/mol. The molecule has 4 nitrogen and oxygen atoms in total. The zero-order valence-corrected chi connectivity index (χ0v) is 13.3. The second kappa shape index (κ2) is 7.50. The standard InChI is InChI=1S/C18H22N2O2/c1-14-8-7-9-15(2)17(14)22-13-12-19-18(21)20(3)16-10-5-4-6-11-16/h4-11H,12-13H2,1-3H3,(H,19,21). The molecule has 4 heteroatoms. The quantitative estimate of drug-likeness (QED) is 0.858. The van der Waals surface area contributed by atoms with Crippen LogP contribution in [0.4, 0.5) is 10.5 Å². The maximum Gasteiger partial charge on any atom is 0.321 e. The van der Waals surface area contributed by atoms with Gasteiger partial charge in [-0.1, -0.05) is 36.4 Å². The summed E-state index contributed by atoms with van der Waals surface area (Å²) in [6.45, 7) is 4.94. The van der Waals surface area contributed by atoms with Gasteiger partial charge < -0.3 is 10.1 Å². The number of nitrogens with zero attached hydrogens (tertiary/aromatic N) is 1. The van der Waals surface area contributed by atoms with Crippen LogP contribution in [0.3, 0.4) is 0 Å². The van der Waals surface area contributed by atoms with Crippen molar-refractivity contribution in [2.45, 2.75) is 13.8 Å². The molecule has 0 fully saturated rings. The predicted molar refractivity (Wildman–Crippen MR) is 89.7 cm³/mol. The Labute approximate surface area is 131 Å². The lowest BCUT2D eigenvalue weighted by Gasteiger charge is -2.18. The van der Waals surface area contributed by atoms with Crippen LogP contribution in [0.2, 0.25) is 0 Å². The molecule has 0 aliphatic heterocycles. The van der Waals surface area contributed by atoms with Crippen molar-refractivity contribution in [3.05, 3.63) is 59.7 Å². The van der Waals surface area contributed by atoms with Crippen LogP contribution in [-0.2, 0) is 0 Å². The zero-order chi connectivity index (χ0) is 15.9. The molecule has 0 spiro atoms. The number of benzene rings is 2. The minimum Gasteiger partial charge on any atom is -0.491 e. The van der Waals surface area contributed by atoms with E-state index in [2.05, 4.69) is 5.32 Å². The lowest BCUT2D eigenvalue weighted by atomic mass is 10.1. The van der Waals surface area contributed by atoms with Crippen molar-refractivity contribution >= 4 is 11.7 Å². The van der Waals surface area contributed by atoms with Gasteiger partial charge in [0.2, 0.25) is 0 Å². The average molecular weight is 298 g/mol. The van der Waals surface area contributed by atoms with Gasteiger partial charge in [0.15, 0.2) is 0 Å². The van der Waals surface area contributed by atoms with Gasteiger partial charge in [0.1, 0.15) is 12.4 Å². The summed E-state index contributed by atoms with van der Waals surface area (Å²) in [5.41, 5.74) is 3.07. The second-order valence-corrected chi connectivity index (χ2v) is 5.20. The molecule has 0 aliphatic rings. The Bertz CT molecular complexity index is 606. The van der Waals surface area contributed by atoms with E-state index in [0.717, 1.165) is 22.6 Å². The fraction of sp³-hybridized carbons (Fsp3) is 0.278. The van der Waals surface area contributed by atoms with E-state index in [1.54, 1.807) is 11.9 Å². The van der Waals surface area contributed by atoms with E-state index in [9.17, 15) is 4.79 Å². The summed E-state index contributed by atoms with van der Waals surface area (Å²) in [7, 11) is 1.75. The number of anilines is 1. The predicted octanol–water partition coefficient (Wildman–Crippen LogP) is 3.53. The van der Waals surface area contributed by atoms with E-state index >= 15 is 0 Å². The van der Waals surface area contributed by atoms with Crippen LogP contribution in [0.15, 0.2) is 48.5 Å². The third-order valence-corrected chi connectivity index (χ3v) is 3.48. The molecular formula is C18H22N2O2. The Balaban J connectivity index is 1.80. The van der Waals surface area contributed by atoms with Crippen LogP contribution in [0, 0.1) is 13.8 Å². The van der Waals surface area contributed by atoms with Gasteiger partial charge in [-0.3, -0.25) is 4.90 Å². The van der Waals surface area contributed by atoms with Gasteiger partial charge in [0, 0.05) is 12.7 Å². The van der Waals surface area contributed by atoms with Gasteiger partial charge in [-0.2, -0.15) is 0 Å². The van der Waals surface area contributed by atoms with E-state index in [0.29, 0.717) is 13.2 Å². The van der Waals surface area contributed by atoms with Gasteiger partial charge in [0.05, 0.1) is 6.54 Å². The number of amides is 2. The summed E-state index contributed by atoms with van der Waals surface area (Å²) in [5.74, 6) is 0.896. The maximum atomic E-state index is 12.0. The van der Waals surface area contributed by atoms with Crippen molar-refractivity contribution in [1.82, 2.24) is 5.32 Å². The molecular weight excluding hydrogens is 276 g/mol. The molecule has 0 aliphatic carbocycles. The van der Waals surface area contributed by atoms with Crippen molar-refractivity contribution in [2.24, 2.45) is 0 Å². The number of para-hydroxylation sites is 2. The van der Waals surface area contributed by atoms with Crippen LogP contribution >= 0.6 is 0 Å². The first kappa shape index (κ1) is 15.9. The number of aryl methyl sites for hydroxylation is 2. The number of hydrogen-bond donors (Lipinski definition) is 1.